The molecule has 1 aromatic rings. The first-order valence-corrected chi connectivity index (χ1v) is 16.5. The Hall–Kier alpha value is -2.97. The molecule has 6 nitrogen and oxygen atoms in total. The second-order valence-corrected chi connectivity index (χ2v) is 15.2. The highest BCUT2D eigenvalue weighted by molar-refractivity contribution is 7.93. The lowest BCUT2D eigenvalue weighted by Crippen LogP contribution is -2.62. The maximum atomic E-state index is 15.1. The predicted octanol–water partition coefficient (Wildman–Crippen LogP) is 6.38. The van der Waals surface area contributed by atoms with Crippen molar-refractivity contribution in [3.05, 3.63) is 53.4 Å². The van der Waals surface area contributed by atoms with Crippen LogP contribution in [0.1, 0.15) is 58.8 Å². The van der Waals surface area contributed by atoms with E-state index >= 15 is 4.39 Å². The third-order valence-corrected chi connectivity index (χ3v) is 13.6. The van der Waals surface area contributed by atoms with Gasteiger partial charge < -0.3 is 10.2 Å². The summed E-state index contributed by atoms with van der Waals surface area (Å²) >= 11 is 0. The molecule has 0 spiro atoms. The van der Waals surface area contributed by atoms with Crippen LogP contribution in [-0.2, 0) is 19.4 Å². The van der Waals surface area contributed by atoms with E-state index in [1.54, 1.807) is 4.90 Å². The van der Waals surface area contributed by atoms with E-state index < -0.39 is 73.7 Å². The van der Waals surface area contributed by atoms with Gasteiger partial charge in [-0.05, 0) is 69.2 Å². The lowest BCUT2D eigenvalue weighted by Gasteiger charge is -2.56. The quantitative estimate of drug-likeness (QED) is 0.289. The molecule has 46 heavy (non-hydrogen) atoms. The minimum absolute atomic E-state index is 0.0276. The fourth-order valence-electron chi connectivity index (χ4n) is 8.27. The summed E-state index contributed by atoms with van der Waals surface area (Å²) in [6.07, 6.45) is -11.7. The van der Waals surface area contributed by atoms with Gasteiger partial charge in [0.15, 0.2) is 9.84 Å². The number of hydrogen-bond acceptors (Lipinski definition) is 4. The van der Waals surface area contributed by atoms with E-state index in [1.807, 2.05) is 0 Å². The van der Waals surface area contributed by atoms with Crippen LogP contribution in [0.25, 0.3) is 0 Å². The highest BCUT2D eigenvalue weighted by Gasteiger charge is 2.75. The van der Waals surface area contributed by atoms with E-state index in [0.29, 0.717) is 38.1 Å². The van der Waals surface area contributed by atoms with Crippen molar-refractivity contribution in [2.24, 2.45) is 17.3 Å². The average molecular weight is 683 g/mol. The molecule has 0 bridgehead atoms. The molecule has 2 saturated carbocycles. The lowest BCUT2D eigenvalue weighted by atomic mass is 9.56. The predicted molar refractivity (Wildman–Crippen MR) is 150 cm³/mol. The number of carbonyl (C=O) groups is 2. The minimum atomic E-state index is -6.33. The molecule has 0 radical (unpaired) electrons. The first kappa shape index (κ1) is 34.4. The maximum absolute atomic E-state index is 15.1. The van der Waals surface area contributed by atoms with Crippen LogP contribution in [0.2, 0.25) is 0 Å². The fourth-order valence-corrected chi connectivity index (χ4v) is 11.1. The standard InChI is InChI=1S/C31H34F8N2O4S/c1-18(42)41-15-11-19(12-16-41)26(43)40-25-10-14-28(46(44,45)23-6-4-22(32)5-7-23)24(25)8-3-20-17-21(9-13-27(20,28)2)29(33,30(34,35)36)31(37,38)39/h4-7,9,17,19,24-25H,3,8,10-16H2,1-2H3,(H,40,43)/t24-,25-,27?,28-/m0/s1. The highest BCUT2D eigenvalue weighted by atomic mass is 32.2. The van der Waals surface area contributed by atoms with Crippen LogP contribution in [0.5, 0.6) is 0 Å². The van der Waals surface area contributed by atoms with Crippen molar-refractivity contribution in [2.75, 3.05) is 13.1 Å². The number of alkyl halides is 7. The van der Waals surface area contributed by atoms with E-state index in [-0.39, 0.29) is 48.0 Å². The summed E-state index contributed by atoms with van der Waals surface area (Å²) in [6.45, 7) is 3.62. The summed E-state index contributed by atoms with van der Waals surface area (Å²) < 4.78 is 138. The number of halogens is 8. The summed E-state index contributed by atoms with van der Waals surface area (Å²) in [6, 6.07) is 3.27. The second-order valence-electron chi connectivity index (χ2n) is 12.9. The SMILES string of the molecule is CC(=O)N1CCC(C(=O)N[C@H]2CC[C@]3(S(=O)(=O)c4ccc(F)cc4)[C@H]2CCC2=CC(C(F)(C(F)(F)F)C(F)(F)F)=CCC23C)CC1. The Labute approximate surface area is 261 Å². The number of benzene rings is 1. The summed E-state index contributed by atoms with van der Waals surface area (Å²) in [5.41, 5.74) is -8.96. The number of amides is 2. The molecular weight excluding hydrogens is 648 g/mol. The Morgan fingerprint density at radius 1 is 0.935 bits per heavy atom. The summed E-state index contributed by atoms with van der Waals surface area (Å²) in [5, 5.41) is 2.98. The van der Waals surface area contributed by atoms with Crippen molar-refractivity contribution in [1.29, 1.82) is 0 Å². The van der Waals surface area contributed by atoms with Crippen LogP contribution in [0, 0.1) is 23.1 Å². The molecule has 1 N–H and O–H groups in total. The van der Waals surface area contributed by atoms with Crippen LogP contribution in [0.3, 0.4) is 0 Å². The molecule has 4 atom stereocenters. The van der Waals surface area contributed by atoms with Gasteiger partial charge in [0.2, 0.25) is 11.8 Å². The highest BCUT2D eigenvalue weighted by Crippen LogP contribution is 2.66. The van der Waals surface area contributed by atoms with E-state index in [2.05, 4.69) is 5.32 Å². The molecule has 3 aliphatic carbocycles. The number of likely N-dealkylation sites (tertiary alicyclic amines) is 1. The summed E-state index contributed by atoms with van der Waals surface area (Å²) in [4.78, 5) is 26.4. The van der Waals surface area contributed by atoms with Crippen molar-refractivity contribution in [3.8, 4) is 0 Å². The lowest BCUT2D eigenvalue weighted by molar-refractivity contribution is -0.325. The number of hydrogen-bond donors (Lipinski definition) is 1. The third-order valence-electron chi connectivity index (χ3n) is 10.8. The molecule has 4 aliphatic rings. The van der Waals surface area contributed by atoms with Gasteiger partial charge in [-0.2, -0.15) is 26.3 Å². The number of allylic oxidation sites excluding steroid dienone is 4. The van der Waals surface area contributed by atoms with Gasteiger partial charge >= 0.3 is 18.0 Å². The molecule has 254 valence electrons. The zero-order valence-electron chi connectivity index (χ0n) is 25.1. The number of carbonyl (C=O) groups excluding carboxylic acids is 2. The molecule has 1 saturated heterocycles. The molecule has 3 fully saturated rings. The van der Waals surface area contributed by atoms with E-state index in [4.69, 9.17) is 0 Å². The number of rotatable bonds is 5. The third kappa shape index (κ3) is 5.06. The molecule has 1 heterocycles. The van der Waals surface area contributed by atoms with Gasteiger partial charge in [-0.15, -0.1) is 0 Å². The van der Waals surface area contributed by atoms with Gasteiger partial charge in [-0.3, -0.25) is 9.59 Å². The largest absolute Gasteiger partial charge is 0.435 e. The van der Waals surface area contributed by atoms with Crippen molar-refractivity contribution in [2.45, 2.75) is 92.5 Å². The first-order valence-electron chi connectivity index (χ1n) is 15.0. The van der Waals surface area contributed by atoms with Crippen molar-refractivity contribution in [3.63, 3.8) is 0 Å². The van der Waals surface area contributed by atoms with Gasteiger partial charge in [0, 0.05) is 48.9 Å². The van der Waals surface area contributed by atoms with Gasteiger partial charge in [0.25, 0.3) is 0 Å². The Bertz CT molecular complexity index is 1550. The monoisotopic (exact) mass is 682 g/mol. The Morgan fingerprint density at radius 3 is 2.07 bits per heavy atom. The van der Waals surface area contributed by atoms with Crippen LogP contribution in [-0.4, -0.2) is 67.0 Å². The molecule has 1 unspecified atom stereocenters. The van der Waals surface area contributed by atoms with Gasteiger partial charge in [0.1, 0.15) is 5.82 Å². The van der Waals surface area contributed by atoms with E-state index in [0.717, 1.165) is 24.3 Å². The maximum Gasteiger partial charge on any atom is 0.435 e. The summed E-state index contributed by atoms with van der Waals surface area (Å²) in [5.74, 6) is -2.44. The number of nitrogens with zero attached hydrogens (tertiary/aromatic N) is 1. The van der Waals surface area contributed by atoms with Crippen molar-refractivity contribution < 1.29 is 53.1 Å². The number of fused-ring (bicyclic) bond motifs is 3. The zero-order valence-corrected chi connectivity index (χ0v) is 25.9. The van der Waals surface area contributed by atoms with Crippen LogP contribution < -0.4 is 5.32 Å². The second kappa shape index (κ2) is 11.3. The molecule has 15 heteroatoms. The van der Waals surface area contributed by atoms with Gasteiger partial charge in [0.05, 0.1) is 9.64 Å². The first-order chi connectivity index (χ1) is 21.2. The molecular formula is C31H34F8N2O4S. The van der Waals surface area contributed by atoms with Crippen LogP contribution in [0.15, 0.2) is 52.5 Å². The molecule has 0 aromatic heterocycles. The van der Waals surface area contributed by atoms with Gasteiger partial charge in [-0.25, -0.2) is 17.2 Å². The molecule has 5 rings (SSSR count). The minimum Gasteiger partial charge on any atom is -0.353 e. The smallest absolute Gasteiger partial charge is 0.353 e. The van der Waals surface area contributed by atoms with E-state index in [9.17, 15) is 48.7 Å². The normalized spacial score (nSPS) is 29.4. The van der Waals surface area contributed by atoms with E-state index in [1.165, 1.54) is 13.8 Å². The number of piperidine rings is 1. The van der Waals surface area contributed by atoms with Crippen molar-refractivity contribution >= 4 is 21.7 Å². The van der Waals surface area contributed by atoms with Gasteiger partial charge in [-0.1, -0.05) is 24.6 Å². The number of nitrogens with one attached hydrogen (secondary N) is 1. The number of sulfone groups is 1. The van der Waals surface area contributed by atoms with Crippen LogP contribution in [0.4, 0.5) is 35.1 Å². The summed E-state index contributed by atoms with van der Waals surface area (Å²) in [7, 11) is -4.50. The van der Waals surface area contributed by atoms with Crippen molar-refractivity contribution in [1.82, 2.24) is 10.2 Å². The average Bonchev–Trinajstić information content (AvgIpc) is 3.36. The zero-order chi connectivity index (χ0) is 34.1. The Balaban J connectivity index is 1.55. The Kier molecular flexibility index (Phi) is 8.46. The molecule has 1 aliphatic heterocycles. The van der Waals surface area contributed by atoms with Crippen LogP contribution >= 0.6 is 0 Å². The molecule has 2 amide bonds. The Morgan fingerprint density at radius 2 is 1.52 bits per heavy atom. The fraction of sp³-hybridized carbons (Fsp3) is 0.613. The topological polar surface area (TPSA) is 83.6 Å². The molecule has 1 aromatic carbocycles.